The molecule has 5 rings (SSSR count). The molecule has 1 atom stereocenters. The number of imidazole rings is 1. The minimum Gasteiger partial charge on any atom is -0.489 e. The summed E-state index contributed by atoms with van der Waals surface area (Å²) in [7, 11) is 0. The fourth-order valence-electron chi connectivity index (χ4n) is 5.13. The van der Waals surface area contributed by atoms with Crippen molar-refractivity contribution in [3.8, 4) is 5.75 Å². The van der Waals surface area contributed by atoms with Crippen molar-refractivity contribution >= 4 is 34.9 Å². The number of ether oxygens (including phenoxy) is 1. The molecule has 3 amide bonds. The Morgan fingerprint density at radius 2 is 1.98 bits per heavy atom. The van der Waals surface area contributed by atoms with Crippen LogP contribution in [0.1, 0.15) is 64.3 Å². The van der Waals surface area contributed by atoms with Crippen LogP contribution in [0.2, 0.25) is 0 Å². The van der Waals surface area contributed by atoms with Gasteiger partial charge in [-0.3, -0.25) is 24.6 Å². The summed E-state index contributed by atoms with van der Waals surface area (Å²) in [5.74, 6) is -0.169. The number of aromatic nitrogens is 5. The molecule has 13 heteroatoms. The average Bonchev–Trinajstić information content (AvgIpc) is 3.52. The minimum absolute atomic E-state index is 0.182. The van der Waals surface area contributed by atoms with Crippen LogP contribution in [-0.2, 0) is 13.1 Å². The number of hydrogen-bond acceptors (Lipinski definition) is 7. The molecule has 0 spiro atoms. The van der Waals surface area contributed by atoms with Crippen molar-refractivity contribution in [1.82, 2.24) is 29.2 Å². The molecule has 214 valence electrons. The summed E-state index contributed by atoms with van der Waals surface area (Å²) in [4.78, 5) is 47.0. The maximum absolute atomic E-state index is 13.3. The molecule has 0 saturated heterocycles. The number of unbranched alkanes of at least 4 members (excludes halogenated alkanes) is 1. The first-order chi connectivity index (χ1) is 19.7. The Balaban J connectivity index is 1.36. The second-order valence-electron chi connectivity index (χ2n) is 9.97. The minimum atomic E-state index is -0.982. The number of aryl methyl sites for hydroxylation is 2. The van der Waals surface area contributed by atoms with E-state index in [-0.39, 0.29) is 30.7 Å². The molecule has 0 fully saturated rings. The van der Waals surface area contributed by atoms with Crippen molar-refractivity contribution in [1.29, 1.82) is 0 Å². The van der Waals surface area contributed by atoms with Crippen LogP contribution in [0.4, 0.5) is 10.7 Å². The first-order valence-electron chi connectivity index (χ1n) is 13.5. The molecule has 0 aliphatic carbocycles. The molecule has 1 aliphatic heterocycles. The average molecular weight is 561 g/mol. The van der Waals surface area contributed by atoms with Crippen LogP contribution in [0, 0.1) is 6.92 Å². The lowest BCUT2D eigenvalue weighted by Gasteiger charge is -2.28. The number of carbonyl (C=O) groups excluding carboxylic acids is 2. The second-order valence-corrected chi connectivity index (χ2v) is 9.97. The Morgan fingerprint density at radius 3 is 2.68 bits per heavy atom. The van der Waals surface area contributed by atoms with Crippen LogP contribution >= 0.6 is 0 Å². The SMILES string of the molecule is CCn1nc(C)cc1C(=O)Nc1nc2cc(C(N)=O)cc3c2n1[C@@H](CCCCN(Cc1ccncc1)C(=O)O)CO3. The predicted molar refractivity (Wildman–Crippen MR) is 150 cm³/mol. The Bertz CT molecular complexity index is 1600. The van der Waals surface area contributed by atoms with E-state index in [1.54, 1.807) is 47.4 Å². The molecule has 4 aromatic rings. The molecule has 0 unspecified atom stereocenters. The highest BCUT2D eigenvalue weighted by Gasteiger charge is 2.29. The number of rotatable bonds is 11. The van der Waals surface area contributed by atoms with Crippen LogP contribution in [0.25, 0.3) is 11.0 Å². The van der Waals surface area contributed by atoms with Gasteiger partial charge in [-0.15, -0.1) is 0 Å². The normalized spacial score (nSPS) is 14.0. The van der Waals surface area contributed by atoms with E-state index in [1.165, 1.54) is 4.90 Å². The third-order valence-electron chi connectivity index (χ3n) is 7.10. The Morgan fingerprint density at radius 1 is 1.20 bits per heavy atom. The lowest BCUT2D eigenvalue weighted by atomic mass is 10.1. The lowest BCUT2D eigenvalue weighted by molar-refractivity contribution is 0.0995. The van der Waals surface area contributed by atoms with E-state index in [4.69, 9.17) is 10.5 Å². The summed E-state index contributed by atoms with van der Waals surface area (Å²) >= 11 is 0. The number of anilines is 1. The van der Waals surface area contributed by atoms with Crippen LogP contribution < -0.4 is 15.8 Å². The molecule has 13 nitrogen and oxygen atoms in total. The van der Waals surface area contributed by atoms with E-state index in [2.05, 4.69) is 20.4 Å². The van der Waals surface area contributed by atoms with Gasteiger partial charge in [0.1, 0.15) is 23.6 Å². The lowest BCUT2D eigenvalue weighted by Crippen LogP contribution is -2.30. The molecular weight excluding hydrogens is 528 g/mol. The zero-order valence-corrected chi connectivity index (χ0v) is 22.9. The van der Waals surface area contributed by atoms with Gasteiger partial charge >= 0.3 is 6.09 Å². The molecule has 1 aromatic carbocycles. The van der Waals surface area contributed by atoms with Crippen molar-refractivity contribution in [2.45, 2.75) is 52.2 Å². The van der Waals surface area contributed by atoms with E-state index >= 15 is 0 Å². The van der Waals surface area contributed by atoms with Gasteiger partial charge < -0.3 is 25.0 Å². The highest BCUT2D eigenvalue weighted by atomic mass is 16.5. The van der Waals surface area contributed by atoms with Gasteiger partial charge in [0.15, 0.2) is 0 Å². The molecule has 4 heterocycles. The molecular formula is C28H32N8O5. The number of nitrogens with one attached hydrogen (secondary N) is 1. The number of primary amides is 1. The predicted octanol–water partition coefficient (Wildman–Crippen LogP) is 3.59. The number of nitrogens with zero attached hydrogens (tertiary/aromatic N) is 6. The van der Waals surface area contributed by atoms with Crippen LogP contribution in [-0.4, -0.2) is 65.4 Å². The van der Waals surface area contributed by atoms with Crippen LogP contribution in [0.15, 0.2) is 42.7 Å². The quantitative estimate of drug-likeness (QED) is 0.234. The van der Waals surface area contributed by atoms with Crippen molar-refractivity contribution in [3.63, 3.8) is 0 Å². The Labute approximate surface area is 235 Å². The Kier molecular flexibility index (Phi) is 7.86. The van der Waals surface area contributed by atoms with Crippen molar-refractivity contribution in [2.75, 3.05) is 18.5 Å². The molecule has 41 heavy (non-hydrogen) atoms. The van der Waals surface area contributed by atoms with E-state index in [1.807, 2.05) is 18.4 Å². The number of carboxylic acid groups (broad SMARTS) is 1. The molecule has 0 bridgehead atoms. The van der Waals surface area contributed by atoms with Gasteiger partial charge in [0.25, 0.3) is 5.91 Å². The van der Waals surface area contributed by atoms with Crippen molar-refractivity contribution in [2.24, 2.45) is 5.73 Å². The zero-order valence-electron chi connectivity index (χ0n) is 22.9. The van der Waals surface area contributed by atoms with Crippen molar-refractivity contribution in [3.05, 3.63) is 65.2 Å². The Hall–Kier alpha value is -4.94. The zero-order chi connectivity index (χ0) is 29.1. The maximum atomic E-state index is 13.3. The van der Waals surface area contributed by atoms with E-state index in [0.717, 1.165) is 11.3 Å². The van der Waals surface area contributed by atoms with E-state index in [9.17, 15) is 19.5 Å². The fraction of sp³-hybridized carbons (Fsp3) is 0.357. The number of nitrogens with two attached hydrogens (primary N) is 1. The van der Waals surface area contributed by atoms with Gasteiger partial charge in [0.2, 0.25) is 11.9 Å². The summed E-state index contributed by atoms with van der Waals surface area (Å²) < 4.78 is 9.59. The first kappa shape index (κ1) is 27.6. The highest BCUT2D eigenvalue weighted by molar-refractivity contribution is 6.04. The standard InChI is InChI=1S/C28H32N8O5/c1-3-35-22(12-17(2)33-35)26(38)32-27-31-21-13-19(25(29)37)14-23-24(21)36(27)20(16-41-23)6-4-5-11-34(28(39)40)15-18-7-9-30-10-8-18/h7-10,12-14,20H,3-6,11,15-16H2,1-2H3,(H2,29,37)(H,39,40)(H,31,32,38)/t20-/m0/s1. The van der Waals surface area contributed by atoms with Gasteiger partial charge in [-0.2, -0.15) is 5.10 Å². The summed E-state index contributed by atoms with van der Waals surface area (Å²) in [6.45, 7) is 5.20. The highest BCUT2D eigenvalue weighted by Crippen LogP contribution is 2.38. The van der Waals surface area contributed by atoms with Crippen LogP contribution in [0.3, 0.4) is 0 Å². The monoisotopic (exact) mass is 560 g/mol. The van der Waals surface area contributed by atoms with E-state index in [0.29, 0.717) is 60.8 Å². The summed E-state index contributed by atoms with van der Waals surface area (Å²) in [5, 5.41) is 17.0. The van der Waals surface area contributed by atoms with Crippen molar-refractivity contribution < 1.29 is 24.2 Å². The third-order valence-corrected chi connectivity index (χ3v) is 7.10. The largest absolute Gasteiger partial charge is 0.489 e. The molecule has 4 N–H and O–H groups in total. The summed E-state index contributed by atoms with van der Waals surface area (Å²) in [6, 6.07) is 8.30. The third kappa shape index (κ3) is 5.83. The van der Waals surface area contributed by atoms with Gasteiger partial charge in [-0.25, -0.2) is 9.78 Å². The smallest absolute Gasteiger partial charge is 0.407 e. The second kappa shape index (κ2) is 11.7. The molecule has 1 aliphatic rings. The van der Waals surface area contributed by atoms with Gasteiger partial charge in [0, 0.05) is 37.6 Å². The summed E-state index contributed by atoms with van der Waals surface area (Å²) in [5.41, 5.74) is 8.93. The number of benzene rings is 1. The van der Waals surface area contributed by atoms with Crippen LogP contribution in [0.5, 0.6) is 5.75 Å². The van der Waals surface area contributed by atoms with Gasteiger partial charge in [-0.05, 0) is 69.0 Å². The molecule has 3 aromatic heterocycles. The number of hydrogen-bond donors (Lipinski definition) is 3. The number of carbonyl (C=O) groups is 3. The molecule has 0 radical (unpaired) electrons. The topological polar surface area (TPSA) is 170 Å². The fourth-order valence-corrected chi connectivity index (χ4v) is 5.13. The van der Waals surface area contributed by atoms with Gasteiger partial charge in [0.05, 0.1) is 17.3 Å². The first-order valence-corrected chi connectivity index (χ1v) is 13.5. The maximum Gasteiger partial charge on any atom is 0.407 e. The summed E-state index contributed by atoms with van der Waals surface area (Å²) in [6.07, 6.45) is 4.29. The van der Waals surface area contributed by atoms with E-state index < -0.39 is 12.0 Å². The molecule has 0 saturated carbocycles. The van der Waals surface area contributed by atoms with Gasteiger partial charge in [-0.1, -0.05) is 0 Å². The number of amides is 3. The number of pyridine rings is 1.